The van der Waals surface area contributed by atoms with Crippen LogP contribution in [0.2, 0.25) is 0 Å². The molecular weight excluding hydrogens is 372 g/mol. The second-order valence-electron chi connectivity index (χ2n) is 7.36. The topological polar surface area (TPSA) is 84.7 Å². The van der Waals surface area contributed by atoms with Crippen LogP contribution in [0, 0.1) is 5.92 Å². The highest BCUT2D eigenvalue weighted by Crippen LogP contribution is 2.25. The molecule has 1 amide bonds. The Morgan fingerprint density at radius 2 is 2.00 bits per heavy atom. The van der Waals surface area contributed by atoms with Crippen molar-refractivity contribution in [2.24, 2.45) is 5.92 Å². The van der Waals surface area contributed by atoms with Gasteiger partial charge in [0.1, 0.15) is 5.82 Å². The predicted molar refractivity (Wildman–Crippen MR) is 115 cm³/mol. The number of carbonyl (C=O) groups excluding carboxylic acids is 1. The summed E-state index contributed by atoms with van der Waals surface area (Å²) in [5.41, 5.74) is 0.833. The molecule has 7 nitrogen and oxygen atoms in total. The van der Waals surface area contributed by atoms with Gasteiger partial charge in [-0.2, -0.15) is 5.10 Å². The van der Waals surface area contributed by atoms with Crippen LogP contribution >= 0.6 is 11.8 Å². The first kappa shape index (κ1) is 20.9. The molecule has 0 aliphatic heterocycles. The zero-order chi connectivity index (χ0) is 19.8. The molecule has 28 heavy (non-hydrogen) atoms. The van der Waals surface area contributed by atoms with Crippen molar-refractivity contribution in [1.82, 2.24) is 25.1 Å². The number of amides is 1. The molecule has 0 bridgehead atoms. The molecule has 0 unspecified atom stereocenters. The zero-order valence-electron chi connectivity index (χ0n) is 17.0. The van der Waals surface area contributed by atoms with Gasteiger partial charge in [0.05, 0.1) is 18.1 Å². The fourth-order valence-electron chi connectivity index (χ4n) is 3.53. The van der Waals surface area contributed by atoms with Crippen LogP contribution in [0.1, 0.15) is 58.8 Å². The van der Waals surface area contributed by atoms with E-state index in [0.29, 0.717) is 13.1 Å². The van der Waals surface area contributed by atoms with Gasteiger partial charge in [0, 0.05) is 24.8 Å². The highest BCUT2D eigenvalue weighted by Gasteiger charge is 2.20. The van der Waals surface area contributed by atoms with Crippen molar-refractivity contribution in [3.8, 4) is 0 Å². The van der Waals surface area contributed by atoms with Crippen LogP contribution < -0.4 is 10.6 Å². The minimum absolute atomic E-state index is 0.187. The molecular formula is C20H32N6OS. The number of rotatable bonds is 10. The molecule has 0 radical (unpaired) electrons. The van der Waals surface area contributed by atoms with E-state index in [1.807, 2.05) is 10.9 Å². The van der Waals surface area contributed by atoms with Crippen molar-refractivity contribution in [2.75, 3.05) is 24.2 Å². The minimum Gasteiger partial charge on any atom is -0.369 e. The average molecular weight is 405 g/mol. The van der Waals surface area contributed by atoms with E-state index in [4.69, 9.17) is 4.98 Å². The monoisotopic (exact) mass is 404 g/mol. The van der Waals surface area contributed by atoms with E-state index in [-0.39, 0.29) is 11.8 Å². The molecule has 1 saturated carbocycles. The van der Waals surface area contributed by atoms with Crippen molar-refractivity contribution in [3.63, 3.8) is 0 Å². The number of hydrogen-bond donors (Lipinski definition) is 2. The molecule has 0 spiro atoms. The molecule has 154 valence electrons. The Morgan fingerprint density at radius 3 is 2.75 bits per heavy atom. The molecule has 2 N–H and O–H groups in total. The van der Waals surface area contributed by atoms with Crippen molar-refractivity contribution < 1.29 is 4.79 Å². The van der Waals surface area contributed by atoms with Crippen LogP contribution in [0.3, 0.4) is 0 Å². The van der Waals surface area contributed by atoms with Gasteiger partial charge in [0.15, 0.2) is 10.8 Å². The Kier molecular flexibility index (Phi) is 7.94. The third kappa shape index (κ3) is 5.37. The molecule has 0 aromatic carbocycles. The number of hydrogen-bond acceptors (Lipinski definition) is 6. The van der Waals surface area contributed by atoms with Crippen molar-refractivity contribution >= 4 is 34.5 Å². The molecule has 2 aromatic heterocycles. The van der Waals surface area contributed by atoms with E-state index >= 15 is 0 Å². The van der Waals surface area contributed by atoms with Crippen LogP contribution in [0.15, 0.2) is 11.4 Å². The predicted octanol–water partition coefficient (Wildman–Crippen LogP) is 3.85. The maximum atomic E-state index is 12.4. The number of thioether (sulfide) groups is 1. The van der Waals surface area contributed by atoms with E-state index in [2.05, 4.69) is 34.6 Å². The van der Waals surface area contributed by atoms with E-state index < -0.39 is 0 Å². The third-order valence-electron chi connectivity index (χ3n) is 5.05. The number of aromatic nitrogens is 4. The van der Waals surface area contributed by atoms with Crippen molar-refractivity contribution in [1.29, 1.82) is 0 Å². The number of nitrogens with zero attached hydrogens (tertiary/aromatic N) is 4. The lowest BCUT2D eigenvalue weighted by Crippen LogP contribution is -2.34. The number of anilines is 1. The van der Waals surface area contributed by atoms with Gasteiger partial charge < -0.3 is 10.6 Å². The van der Waals surface area contributed by atoms with Gasteiger partial charge in [-0.1, -0.05) is 44.9 Å². The molecule has 1 aliphatic carbocycles. The summed E-state index contributed by atoms with van der Waals surface area (Å²) in [6.45, 7) is 6.35. The minimum atomic E-state index is 0.187. The summed E-state index contributed by atoms with van der Waals surface area (Å²) in [5.74, 6) is 2.22. The molecule has 2 heterocycles. The summed E-state index contributed by atoms with van der Waals surface area (Å²) in [4.78, 5) is 21.8. The Balaban J connectivity index is 1.68. The Morgan fingerprint density at radius 1 is 1.18 bits per heavy atom. The van der Waals surface area contributed by atoms with Gasteiger partial charge in [-0.3, -0.25) is 4.79 Å². The zero-order valence-corrected chi connectivity index (χ0v) is 17.9. The summed E-state index contributed by atoms with van der Waals surface area (Å²) < 4.78 is 1.88. The van der Waals surface area contributed by atoms with E-state index in [0.717, 1.165) is 60.0 Å². The second-order valence-corrected chi connectivity index (χ2v) is 8.42. The molecule has 2 aromatic rings. The van der Waals surface area contributed by atoms with Crippen LogP contribution in [0.4, 0.5) is 5.82 Å². The van der Waals surface area contributed by atoms with Gasteiger partial charge in [-0.05, 0) is 25.7 Å². The maximum absolute atomic E-state index is 12.4. The second kappa shape index (κ2) is 10.6. The first-order valence-corrected chi connectivity index (χ1v) is 11.6. The summed E-state index contributed by atoms with van der Waals surface area (Å²) in [7, 11) is 0. The lowest BCUT2D eigenvalue weighted by molar-refractivity contribution is -0.125. The van der Waals surface area contributed by atoms with E-state index in [1.54, 1.807) is 11.8 Å². The van der Waals surface area contributed by atoms with E-state index in [9.17, 15) is 4.79 Å². The van der Waals surface area contributed by atoms with Crippen LogP contribution in [0.5, 0.6) is 0 Å². The van der Waals surface area contributed by atoms with Crippen molar-refractivity contribution in [3.05, 3.63) is 6.20 Å². The smallest absolute Gasteiger partial charge is 0.223 e. The summed E-state index contributed by atoms with van der Waals surface area (Å²) in [5, 5.41) is 12.7. The lowest BCUT2D eigenvalue weighted by Gasteiger charge is -2.20. The molecule has 8 heteroatoms. The van der Waals surface area contributed by atoms with E-state index in [1.165, 1.54) is 19.3 Å². The van der Waals surface area contributed by atoms with Gasteiger partial charge in [-0.15, -0.1) is 0 Å². The normalized spacial score (nSPS) is 15.1. The summed E-state index contributed by atoms with van der Waals surface area (Å²) >= 11 is 1.67. The Labute approximate surface area is 171 Å². The van der Waals surface area contributed by atoms with Crippen LogP contribution in [0.25, 0.3) is 11.0 Å². The highest BCUT2D eigenvalue weighted by molar-refractivity contribution is 7.99. The molecule has 1 fully saturated rings. The summed E-state index contributed by atoms with van der Waals surface area (Å²) in [6, 6.07) is 0. The largest absolute Gasteiger partial charge is 0.369 e. The lowest BCUT2D eigenvalue weighted by atomic mass is 9.89. The van der Waals surface area contributed by atoms with Gasteiger partial charge in [0.2, 0.25) is 5.91 Å². The number of fused-ring (bicyclic) bond motifs is 1. The highest BCUT2D eigenvalue weighted by atomic mass is 32.2. The van der Waals surface area contributed by atoms with Crippen LogP contribution in [-0.2, 0) is 11.3 Å². The van der Waals surface area contributed by atoms with Gasteiger partial charge >= 0.3 is 0 Å². The molecule has 1 aliphatic rings. The standard InChI is InChI=1S/C20H32N6OS/c1-3-10-21-17-16-14-23-26(18(16)25-20(24-17)28-13-4-2)12-11-22-19(27)15-8-6-5-7-9-15/h14-15H,3-13H2,1-2H3,(H,22,27)(H,21,24,25). The first-order valence-electron chi connectivity index (χ1n) is 10.6. The van der Waals surface area contributed by atoms with Crippen molar-refractivity contribution in [2.45, 2.75) is 70.5 Å². The third-order valence-corrected chi connectivity index (χ3v) is 6.11. The van der Waals surface area contributed by atoms with Gasteiger partial charge in [-0.25, -0.2) is 14.6 Å². The SMILES string of the molecule is CCCNc1nc(SCCC)nc2c1cnn2CCNC(=O)C1CCCCC1. The first-order chi connectivity index (χ1) is 13.7. The average Bonchev–Trinajstić information content (AvgIpc) is 3.14. The maximum Gasteiger partial charge on any atom is 0.223 e. The quantitative estimate of drug-likeness (QED) is 0.462. The molecule has 3 rings (SSSR count). The number of carbonyl (C=O) groups is 1. The molecule has 0 atom stereocenters. The number of nitrogens with one attached hydrogen (secondary N) is 2. The van der Waals surface area contributed by atoms with Gasteiger partial charge in [0.25, 0.3) is 0 Å². The summed E-state index contributed by atoms with van der Waals surface area (Å²) in [6.07, 6.45) is 9.58. The Bertz CT molecular complexity index is 771. The fraction of sp³-hybridized carbons (Fsp3) is 0.700. The fourth-order valence-corrected chi connectivity index (χ4v) is 4.22. The molecule has 0 saturated heterocycles. The Hall–Kier alpha value is -1.83. The van der Waals surface area contributed by atoms with Crippen LogP contribution in [-0.4, -0.2) is 44.5 Å².